The van der Waals surface area contributed by atoms with Crippen LogP contribution in [0.1, 0.15) is 17.4 Å². The summed E-state index contributed by atoms with van der Waals surface area (Å²) in [4.78, 5) is 20.1. The number of methoxy groups -OCH3 is 2. The Morgan fingerprint density at radius 1 is 1.07 bits per heavy atom. The second-order valence-corrected chi connectivity index (χ2v) is 6.39. The maximum absolute atomic E-state index is 12.6. The van der Waals surface area contributed by atoms with Crippen LogP contribution in [0.3, 0.4) is 0 Å². The van der Waals surface area contributed by atoms with Crippen molar-refractivity contribution in [1.29, 1.82) is 0 Å². The van der Waals surface area contributed by atoms with E-state index in [9.17, 15) is 4.79 Å². The first-order chi connectivity index (χ1) is 14.6. The molecule has 9 nitrogen and oxygen atoms in total. The van der Waals surface area contributed by atoms with Crippen LogP contribution >= 0.6 is 0 Å². The molecule has 4 aromatic rings. The minimum absolute atomic E-state index is 0.154. The van der Waals surface area contributed by atoms with E-state index >= 15 is 0 Å². The molecule has 0 saturated heterocycles. The van der Waals surface area contributed by atoms with Gasteiger partial charge in [0.2, 0.25) is 5.95 Å². The van der Waals surface area contributed by atoms with Crippen LogP contribution in [0, 0.1) is 0 Å². The van der Waals surface area contributed by atoms with E-state index in [2.05, 4.69) is 25.5 Å². The second-order valence-electron chi connectivity index (χ2n) is 6.39. The van der Waals surface area contributed by atoms with Crippen LogP contribution in [0.4, 0.5) is 5.95 Å². The zero-order valence-corrected chi connectivity index (χ0v) is 16.8. The molecule has 0 bridgehead atoms. The number of amides is 1. The van der Waals surface area contributed by atoms with Gasteiger partial charge in [0.1, 0.15) is 22.9 Å². The first-order valence-corrected chi connectivity index (χ1v) is 9.33. The van der Waals surface area contributed by atoms with Gasteiger partial charge in [0.05, 0.1) is 26.4 Å². The lowest BCUT2D eigenvalue weighted by Gasteiger charge is -2.07. The SMILES string of the molecule is CCOc1ccc2cc(C(=O)Nc3n[nH]c(-c4ccc(OC)cc4OC)n3)[nH]c2c1. The number of benzene rings is 2. The molecule has 9 heteroatoms. The zero-order valence-electron chi connectivity index (χ0n) is 16.8. The van der Waals surface area contributed by atoms with E-state index < -0.39 is 0 Å². The first kappa shape index (κ1) is 19.3. The fourth-order valence-corrected chi connectivity index (χ4v) is 3.09. The van der Waals surface area contributed by atoms with Crippen molar-refractivity contribution in [2.45, 2.75) is 6.92 Å². The normalized spacial score (nSPS) is 10.8. The molecule has 0 atom stereocenters. The average Bonchev–Trinajstić information content (AvgIpc) is 3.40. The van der Waals surface area contributed by atoms with Gasteiger partial charge in [-0.15, -0.1) is 5.10 Å². The van der Waals surface area contributed by atoms with Gasteiger partial charge in [-0.2, -0.15) is 4.98 Å². The van der Waals surface area contributed by atoms with Crippen LogP contribution in [0.25, 0.3) is 22.3 Å². The van der Waals surface area contributed by atoms with Crippen molar-refractivity contribution in [2.24, 2.45) is 0 Å². The number of fused-ring (bicyclic) bond motifs is 1. The molecule has 0 unspecified atom stereocenters. The summed E-state index contributed by atoms with van der Waals surface area (Å²) in [5, 5.41) is 10.5. The van der Waals surface area contributed by atoms with Crippen molar-refractivity contribution in [1.82, 2.24) is 20.2 Å². The van der Waals surface area contributed by atoms with Gasteiger partial charge in [-0.25, -0.2) is 0 Å². The molecular formula is C21H21N5O4. The quantitative estimate of drug-likeness (QED) is 0.431. The summed E-state index contributed by atoms with van der Waals surface area (Å²) >= 11 is 0. The lowest BCUT2D eigenvalue weighted by atomic mass is 10.2. The van der Waals surface area contributed by atoms with Crippen LogP contribution in [-0.2, 0) is 0 Å². The van der Waals surface area contributed by atoms with Crippen molar-refractivity contribution < 1.29 is 19.0 Å². The van der Waals surface area contributed by atoms with E-state index in [1.54, 1.807) is 38.5 Å². The van der Waals surface area contributed by atoms with Gasteiger partial charge < -0.3 is 19.2 Å². The Labute approximate surface area is 172 Å². The number of anilines is 1. The number of ether oxygens (including phenoxy) is 3. The van der Waals surface area contributed by atoms with Crippen LogP contribution in [0.2, 0.25) is 0 Å². The van der Waals surface area contributed by atoms with Gasteiger partial charge in [-0.3, -0.25) is 15.2 Å². The molecule has 30 heavy (non-hydrogen) atoms. The third kappa shape index (κ3) is 3.77. The highest BCUT2D eigenvalue weighted by Gasteiger charge is 2.16. The first-order valence-electron chi connectivity index (χ1n) is 9.33. The molecule has 0 saturated carbocycles. The Bertz CT molecular complexity index is 1200. The molecule has 2 heterocycles. The monoisotopic (exact) mass is 407 g/mol. The molecule has 0 radical (unpaired) electrons. The molecular weight excluding hydrogens is 386 g/mol. The fraction of sp³-hybridized carbons (Fsp3) is 0.190. The number of carbonyl (C=O) groups is 1. The fourth-order valence-electron chi connectivity index (χ4n) is 3.09. The van der Waals surface area contributed by atoms with Crippen molar-refractivity contribution in [2.75, 3.05) is 26.1 Å². The molecule has 2 aromatic carbocycles. The number of hydrogen-bond acceptors (Lipinski definition) is 6. The van der Waals surface area contributed by atoms with Crippen molar-refractivity contribution in [3.8, 4) is 28.6 Å². The topological polar surface area (TPSA) is 114 Å². The Morgan fingerprint density at radius 3 is 2.67 bits per heavy atom. The lowest BCUT2D eigenvalue weighted by molar-refractivity contribution is 0.102. The molecule has 1 amide bonds. The van der Waals surface area contributed by atoms with E-state index in [1.165, 1.54) is 0 Å². The summed E-state index contributed by atoms with van der Waals surface area (Å²) in [6, 6.07) is 12.7. The van der Waals surface area contributed by atoms with Crippen LogP contribution < -0.4 is 19.5 Å². The van der Waals surface area contributed by atoms with Gasteiger partial charge in [0.25, 0.3) is 5.91 Å². The van der Waals surface area contributed by atoms with Gasteiger partial charge in [-0.1, -0.05) is 0 Å². The average molecular weight is 407 g/mol. The summed E-state index contributed by atoms with van der Waals surface area (Å²) in [6.45, 7) is 2.50. The number of rotatable bonds is 7. The zero-order chi connectivity index (χ0) is 21.1. The predicted molar refractivity (Wildman–Crippen MR) is 112 cm³/mol. The number of aromatic amines is 2. The van der Waals surface area contributed by atoms with Gasteiger partial charge >= 0.3 is 0 Å². The van der Waals surface area contributed by atoms with E-state index in [0.29, 0.717) is 35.2 Å². The molecule has 0 aliphatic heterocycles. The number of nitrogens with one attached hydrogen (secondary N) is 3. The van der Waals surface area contributed by atoms with Crippen molar-refractivity contribution in [3.05, 3.63) is 48.2 Å². The van der Waals surface area contributed by atoms with E-state index in [-0.39, 0.29) is 11.9 Å². The highest BCUT2D eigenvalue weighted by atomic mass is 16.5. The summed E-state index contributed by atoms with van der Waals surface area (Å²) in [5.74, 6) is 2.24. The third-order valence-electron chi connectivity index (χ3n) is 4.52. The summed E-state index contributed by atoms with van der Waals surface area (Å²) in [7, 11) is 3.14. The van der Waals surface area contributed by atoms with Crippen LogP contribution in [0.5, 0.6) is 17.2 Å². The minimum atomic E-state index is -0.351. The van der Waals surface area contributed by atoms with Crippen molar-refractivity contribution >= 4 is 22.8 Å². The smallest absolute Gasteiger partial charge is 0.274 e. The molecule has 154 valence electrons. The van der Waals surface area contributed by atoms with Crippen molar-refractivity contribution in [3.63, 3.8) is 0 Å². The Kier molecular flexibility index (Phi) is 5.25. The highest BCUT2D eigenvalue weighted by Crippen LogP contribution is 2.31. The number of carbonyl (C=O) groups excluding carboxylic acids is 1. The number of nitrogens with zero attached hydrogens (tertiary/aromatic N) is 2. The van der Waals surface area contributed by atoms with Gasteiger partial charge in [0, 0.05) is 23.0 Å². The maximum atomic E-state index is 12.6. The van der Waals surface area contributed by atoms with Crippen LogP contribution in [-0.4, -0.2) is 46.9 Å². The molecule has 0 aliphatic rings. The Balaban J connectivity index is 1.54. The summed E-state index contributed by atoms with van der Waals surface area (Å²) in [6.07, 6.45) is 0. The number of aromatic nitrogens is 4. The molecule has 0 fully saturated rings. The molecule has 0 aliphatic carbocycles. The largest absolute Gasteiger partial charge is 0.497 e. The van der Waals surface area contributed by atoms with Gasteiger partial charge in [0.15, 0.2) is 5.82 Å². The predicted octanol–water partition coefficient (Wildman–Crippen LogP) is 3.62. The minimum Gasteiger partial charge on any atom is -0.497 e. The summed E-state index contributed by atoms with van der Waals surface area (Å²) < 4.78 is 16.1. The standard InChI is InChI=1S/C21H21N5O4/c1-4-30-14-6-5-12-9-17(22-16(12)10-14)20(27)24-21-23-19(25-26-21)15-8-7-13(28-2)11-18(15)29-3/h5-11,22H,4H2,1-3H3,(H2,23,24,25,26,27). The summed E-state index contributed by atoms with van der Waals surface area (Å²) in [5.41, 5.74) is 1.90. The number of hydrogen-bond donors (Lipinski definition) is 3. The third-order valence-corrected chi connectivity index (χ3v) is 4.52. The maximum Gasteiger partial charge on any atom is 0.274 e. The van der Waals surface area contributed by atoms with Gasteiger partial charge in [-0.05, 0) is 37.3 Å². The molecule has 3 N–H and O–H groups in total. The highest BCUT2D eigenvalue weighted by molar-refractivity contribution is 6.05. The second kappa shape index (κ2) is 8.16. The molecule has 4 rings (SSSR count). The van der Waals surface area contributed by atoms with E-state index in [1.807, 2.05) is 25.1 Å². The Hall–Kier alpha value is -4.01. The van der Waals surface area contributed by atoms with Crippen LogP contribution in [0.15, 0.2) is 42.5 Å². The Morgan fingerprint density at radius 2 is 1.90 bits per heavy atom. The van der Waals surface area contributed by atoms with E-state index in [4.69, 9.17) is 14.2 Å². The lowest BCUT2D eigenvalue weighted by Crippen LogP contribution is -2.13. The molecule has 0 spiro atoms. The molecule has 2 aromatic heterocycles. The van der Waals surface area contributed by atoms with E-state index in [0.717, 1.165) is 16.7 Å². The number of H-pyrrole nitrogens is 2.